The van der Waals surface area contributed by atoms with E-state index in [0.717, 1.165) is 16.8 Å². The minimum Gasteiger partial charge on any atom is -0.389 e. The average Bonchev–Trinajstić information content (AvgIpc) is 2.44. The number of nitrogens with zero attached hydrogens (tertiary/aromatic N) is 1. The molecule has 0 bridgehead atoms. The molecule has 0 aliphatic heterocycles. The molecule has 1 N–H and O–H groups in total. The molecule has 2 aromatic rings. The van der Waals surface area contributed by atoms with Crippen LogP contribution in [0.5, 0.6) is 0 Å². The third-order valence-electron chi connectivity index (χ3n) is 2.71. The molecular weight excluding hydrogens is 253 g/mol. The van der Waals surface area contributed by atoms with Crippen molar-refractivity contribution in [1.82, 2.24) is 4.98 Å². The summed E-state index contributed by atoms with van der Waals surface area (Å²) in [4.78, 5) is 4.30. The number of pyridine rings is 1. The Kier molecular flexibility index (Phi) is 4.80. The molecule has 0 unspecified atom stereocenters. The Balaban J connectivity index is 2.10. The normalized spacial score (nSPS) is 13.2. The molecule has 0 aliphatic rings. The van der Waals surface area contributed by atoms with Crippen LogP contribution in [0.4, 0.5) is 4.39 Å². The van der Waals surface area contributed by atoms with E-state index in [1.54, 1.807) is 31.3 Å². The average molecular weight is 269 g/mol. The summed E-state index contributed by atoms with van der Waals surface area (Å²) >= 11 is 0. The van der Waals surface area contributed by atoms with Crippen LogP contribution >= 0.6 is 0 Å². The van der Waals surface area contributed by atoms with Gasteiger partial charge in [0.2, 0.25) is 0 Å². The van der Waals surface area contributed by atoms with Gasteiger partial charge in [-0.25, -0.2) is 4.39 Å². The Labute approximate surface area is 117 Å². The van der Waals surface area contributed by atoms with E-state index in [-0.39, 0.29) is 5.82 Å². The van der Waals surface area contributed by atoms with Gasteiger partial charge in [0.15, 0.2) is 0 Å². The summed E-state index contributed by atoms with van der Waals surface area (Å²) in [5.74, 6) is -0.255. The van der Waals surface area contributed by atoms with Gasteiger partial charge in [0.1, 0.15) is 5.82 Å². The molecule has 2 nitrogen and oxygen atoms in total. The second-order valence-electron chi connectivity index (χ2n) is 4.47. The van der Waals surface area contributed by atoms with Crippen molar-refractivity contribution in [2.24, 2.45) is 0 Å². The molecule has 20 heavy (non-hydrogen) atoms. The molecule has 3 heteroatoms. The molecule has 0 aliphatic carbocycles. The Morgan fingerprint density at radius 1 is 1.15 bits per heavy atom. The van der Waals surface area contributed by atoms with Gasteiger partial charge in [-0.1, -0.05) is 36.4 Å². The second kappa shape index (κ2) is 6.78. The maximum Gasteiger partial charge on any atom is 0.123 e. The van der Waals surface area contributed by atoms with Gasteiger partial charge < -0.3 is 5.11 Å². The predicted octanol–water partition coefficient (Wildman–Crippen LogP) is 3.84. The fraction of sp³-hybridized carbons (Fsp3) is 0.118. The Hall–Kier alpha value is -2.26. The third kappa shape index (κ3) is 4.14. The molecule has 0 spiro atoms. The lowest BCUT2D eigenvalue weighted by Gasteiger charge is -2.01. The molecule has 0 amide bonds. The van der Waals surface area contributed by atoms with Crippen molar-refractivity contribution in [2.45, 2.75) is 13.0 Å². The van der Waals surface area contributed by atoms with Crippen molar-refractivity contribution in [3.05, 3.63) is 72.3 Å². The Bertz CT molecular complexity index is 615. The van der Waals surface area contributed by atoms with Gasteiger partial charge in [-0.2, -0.15) is 0 Å². The number of halogens is 1. The zero-order valence-electron chi connectivity index (χ0n) is 11.2. The molecule has 1 aromatic heterocycles. The van der Waals surface area contributed by atoms with E-state index >= 15 is 0 Å². The van der Waals surface area contributed by atoms with Gasteiger partial charge in [-0.3, -0.25) is 4.98 Å². The maximum absolute atomic E-state index is 13.1. The van der Waals surface area contributed by atoms with Gasteiger partial charge in [-0.05, 0) is 36.8 Å². The van der Waals surface area contributed by atoms with E-state index in [9.17, 15) is 4.39 Å². The molecule has 0 fully saturated rings. The topological polar surface area (TPSA) is 33.1 Å². The molecule has 1 atom stereocenters. The highest BCUT2D eigenvalue weighted by Gasteiger charge is 1.99. The molecule has 1 heterocycles. The second-order valence-corrected chi connectivity index (χ2v) is 4.47. The summed E-state index contributed by atoms with van der Waals surface area (Å²) in [5.41, 5.74) is 2.49. The molecule has 0 radical (unpaired) electrons. The van der Waals surface area contributed by atoms with Gasteiger partial charge in [0.05, 0.1) is 11.8 Å². The smallest absolute Gasteiger partial charge is 0.123 e. The zero-order chi connectivity index (χ0) is 14.4. The number of allylic oxidation sites excluding steroid dienone is 2. The lowest BCUT2D eigenvalue weighted by Crippen LogP contribution is -1.90. The summed E-state index contributed by atoms with van der Waals surface area (Å²) in [7, 11) is 0. The van der Waals surface area contributed by atoms with Crippen molar-refractivity contribution in [1.29, 1.82) is 0 Å². The lowest BCUT2D eigenvalue weighted by atomic mass is 10.1. The highest BCUT2D eigenvalue weighted by molar-refractivity contribution is 5.63. The number of aliphatic hydroxyl groups is 1. The highest BCUT2D eigenvalue weighted by atomic mass is 19.1. The quantitative estimate of drug-likeness (QED) is 0.855. The highest BCUT2D eigenvalue weighted by Crippen LogP contribution is 2.19. The van der Waals surface area contributed by atoms with E-state index in [2.05, 4.69) is 4.98 Å². The van der Waals surface area contributed by atoms with Crippen molar-refractivity contribution >= 4 is 6.08 Å². The molecule has 0 saturated carbocycles. The molecular formula is C17H16FNO. The first-order chi connectivity index (χ1) is 9.65. The molecule has 0 saturated heterocycles. The first kappa shape index (κ1) is 14.2. The number of hydrogen-bond acceptors (Lipinski definition) is 2. The largest absolute Gasteiger partial charge is 0.389 e. The van der Waals surface area contributed by atoms with E-state index < -0.39 is 6.10 Å². The number of hydrogen-bond donors (Lipinski definition) is 1. The summed E-state index contributed by atoms with van der Waals surface area (Å²) in [5, 5.41) is 9.07. The standard InChI is InChI=1S/C17H16FNO/c1-13(20)5-2-3-8-17-10-9-15(12-19-17)14-6-4-7-16(18)11-14/h2-13,20H,1H3/t13-/m1/s1. The summed E-state index contributed by atoms with van der Waals surface area (Å²) in [6.45, 7) is 1.69. The first-order valence-corrected chi connectivity index (χ1v) is 6.40. The fourth-order valence-corrected chi connectivity index (χ4v) is 1.72. The third-order valence-corrected chi connectivity index (χ3v) is 2.71. The Morgan fingerprint density at radius 3 is 2.65 bits per heavy atom. The van der Waals surface area contributed by atoms with Crippen LogP contribution in [0.15, 0.2) is 60.8 Å². The van der Waals surface area contributed by atoms with Gasteiger partial charge in [-0.15, -0.1) is 0 Å². The van der Waals surface area contributed by atoms with Gasteiger partial charge >= 0.3 is 0 Å². The Morgan fingerprint density at radius 2 is 2.00 bits per heavy atom. The van der Waals surface area contributed by atoms with Crippen LogP contribution in [0.3, 0.4) is 0 Å². The van der Waals surface area contributed by atoms with Gasteiger partial charge in [0.25, 0.3) is 0 Å². The van der Waals surface area contributed by atoms with E-state index in [4.69, 9.17) is 5.11 Å². The maximum atomic E-state index is 13.1. The SMILES string of the molecule is C[C@@H](O)C=CC=Cc1ccc(-c2cccc(F)c2)cn1. The van der Waals surface area contributed by atoms with Crippen LogP contribution in [0, 0.1) is 5.82 Å². The van der Waals surface area contributed by atoms with E-state index in [1.807, 2.05) is 30.4 Å². The van der Waals surface area contributed by atoms with Crippen molar-refractivity contribution < 1.29 is 9.50 Å². The minimum atomic E-state index is -0.456. The van der Waals surface area contributed by atoms with Gasteiger partial charge in [0, 0.05) is 11.8 Å². The summed E-state index contributed by atoms with van der Waals surface area (Å²) in [6.07, 6.45) is 8.37. The fourth-order valence-electron chi connectivity index (χ4n) is 1.72. The first-order valence-electron chi connectivity index (χ1n) is 6.40. The van der Waals surface area contributed by atoms with Crippen molar-refractivity contribution in [3.63, 3.8) is 0 Å². The van der Waals surface area contributed by atoms with E-state index in [1.165, 1.54) is 12.1 Å². The minimum absolute atomic E-state index is 0.255. The van der Waals surface area contributed by atoms with Crippen LogP contribution in [0.2, 0.25) is 0 Å². The number of aliphatic hydroxyl groups excluding tert-OH is 1. The number of aromatic nitrogens is 1. The van der Waals surface area contributed by atoms with Crippen LogP contribution in [-0.2, 0) is 0 Å². The van der Waals surface area contributed by atoms with Crippen molar-refractivity contribution in [2.75, 3.05) is 0 Å². The predicted molar refractivity (Wildman–Crippen MR) is 79.5 cm³/mol. The van der Waals surface area contributed by atoms with E-state index in [0.29, 0.717) is 0 Å². The van der Waals surface area contributed by atoms with Crippen molar-refractivity contribution in [3.8, 4) is 11.1 Å². The number of rotatable bonds is 4. The lowest BCUT2D eigenvalue weighted by molar-refractivity contribution is 0.244. The van der Waals surface area contributed by atoms with Crippen LogP contribution < -0.4 is 0 Å². The molecule has 1 aromatic carbocycles. The van der Waals surface area contributed by atoms with Crippen LogP contribution in [0.1, 0.15) is 12.6 Å². The van der Waals surface area contributed by atoms with Crippen LogP contribution in [-0.4, -0.2) is 16.2 Å². The molecule has 2 rings (SSSR count). The summed E-state index contributed by atoms with van der Waals surface area (Å²) < 4.78 is 13.1. The number of benzene rings is 1. The zero-order valence-corrected chi connectivity index (χ0v) is 11.2. The van der Waals surface area contributed by atoms with Crippen LogP contribution in [0.25, 0.3) is 17.2 Å². The monoisotopic (exact) mass is 269 g/mol. The molecule has 102 valence electrons. The summed E-state index contributed by atoms with van der Waals surface area (Å²) in [6, 6.07) is 10.2.